The SMILES string of the molecule is Cc1nccc(NCCCl)c1Cl. The summed E-state index contributed by atoms with van der Waals surface area (Å²) in [5.74, 6) is 0.567. The van der Waals surface area contributed by atoms with E-state index in [9.17, 15) is 0 Å². The fraction of sp³-hybridized carbons (Fsp3) is 0.375. The summed E-state index contributed by atoms with van der Waals surface area (Å²) in [6, 6.07) is 1.84. The smallest absolute Gasteiger partial charge is 0.0849 e. The molecule has 12 heavy (non-hydrogen) atoms. The first-order valence-electron chi connectivity index (χ1n) is 3.66. The molecule has 0 aliphatic heterocycles. The van der Waals surface area contributed by atoms with Gasteiger partial charge < -0.3 is 5.32 Å². The monoisotopic (exact) mass is 204 g/mol. The van der Waals surface area contributed by atoms with Gasteiger partial charge in [-0.2, -0.15) is 0 Å². The van der Waals surface area contributed by atoms with Gasteiger partial charge in [-0.3, -0.25) is 4.98 Å². The molecule has 0 amide bonds. The van der Waals surface area contributed by atoms with Crippen LogP contribution in [0.4, 0.5) is 5.69 Å². The lowest BCUT2D eigenvalue weighted by Crippen LogP contribution is -2.03. The molecule has 0 saturated carbocycles. The summed E-state index contributed by atoms with van der Waals surface area (Å²) in [6.07, 6.45) is 1.72. The van der Waals surface area contributed by atoms with Gasteiger partial charge >= 0.3 is 0 Å². The van der Waals surface area contributed by atoms with E-state index in [2.05, 4.69) is 10.3 Å². The highest BCUT2D eigenvalue weighted by molar-refractivity contribution is 6.33. The van der Waals surface area contributed by atoms with Crippen molar-refractivity contribution in [3.05, 3.63) is 23.0 Å². The molecule has 1 N–H and O–H groups in total. The molecule has 1 aromatic heterocycles. The zero-order chi connectivity index (χ0) is 8.97. The minimum absolute atomic E-state index is 0.567. The summed E-state index contributed by atoms with van der Waals surface area (Å²) < 4.78 is 0. The van der Waals surface area contributed by atoms with E-state index in [-0.39, 0.29) is 0 Å². The van der Waals surface area contributed by atoms with Crippen LogP contribution in [0.1, 0.15) is 5.69 Å². The molecule has 0 aliphatic carbocycles. The van der Waals surface area contributed by atoms with Crippen LogP contribution in [0, 0.1) is 6.92 Å². The van der Waals surface area contributed by atoms with E-state index in [1.165, 1.54) is 0 Å². The minimum Gasteiger partial charge on any atom is -0.383 e. The van der Waals surface area contributed by atoms with Crippen molar-refractivity contribution in [1.82, 2.24) is 4.98 Å². The van der Waals surface area contributed by atoms with Crippen LogP contribution in [-0.4, -0.2) is 17.4 Å². The van der Waals surface area contributed by atoms with Crippen LogP contribution in [0.15, 0.2) is 12.3 Å². The van der Waals surface area contributed by atoms with Gasteiger partial charge in [-0.05, 0) is 13.0 Å². The minimum atomic E-state index is 0.567. The number of nitrogens with zero attached hydrogens (tertiary/aromatic N) is 1. The number of alkyl halides is 1. The van der Waals surface area contributed by atoms with Crippen LogP contribution >= 0.6 is 23.2 Å². The van der Waals surface area contributed by atoms with Crippen molar-refractivity contribution in [2.75, 3.05) is 17.7 Å². The van der Waals surface area contributed by atoms with E-state index in [4.69, 9.17) is 23.2 Å². The van der Waals surface area contributed by atoms with Crippen molar-refractivity contribution < 1.29 is 0 Å². The lowest BCUT2D eigenvalue weighted by Gasteiger charge is -2.06. The fourth-order valence-electron chi connectivity index (χ4n) is 0.867. The molecule has 0 aliphatic rings. The molecule has 2 nitrogen and oxygen atoms in total. The highest BCUT2D eigenvalue weighted by Crippen LogP contribution is 2.22. The van der Waals surface area contributed by atoms with Crippen molar-refractivity contribution >= 4 is 28.9 Å². The predicted molar refractivity (Wildman–Crippen MR) is 53.2 cm³/mol. The van der Waals surface area contributed by atoms with Gasteiger partial charge in [0.25, 0.3) is 0 Å². The molecular weight excluding hydrogens is 195 g/mol. The molecule has 1 rings (SSSR count). The van der Waals surface area contributed by atoms with E-state index in [0.29, 0.717) is 17.4 Å². The molecule has 0 aromatic carbocycles. The fourth-order valence-corrected chi connectivity index (χ4v) is 1.14. The highest BCUT2D eigenvalue weighted by Gasteiger charge is 2.01. The lowest BCUT2D eigenvalue weighted by molar-refractivity contribution is 1.17. The number of aromatic nitrogens is 1. The third kappa shape index (κ3) is 2.26. The maximum Gasteiger partial charge on any atom is 0.0849 e. The summed E-state index contributed by atoms with van der Waals surface area (Å²) in [7, 11) is 0. The number of hydrogen-bond acceptors (Lipinski definition) is 2. The van der Waals surface area contributed by atoms with Crippen LogP contribution in [0.5, 0.6) is 0 Å². The Morgan fingerprint density at radius 2 is 2.33 bits per heavy atom. The average molecular weight is 205 g/mol. The maximum atomic E-state index is 5.96. The second-order valence-electron chi connectivity index (χ2n) is 2.37. The summed E-state index contributed by atoms with van der Waals surface area (Å²) in [5, 5.41) is 3.77. The van der Waals surface area contributed by atoms with E-state index in [1.54, 1.807) is 6.20 Å². The molecule has 66 valence electrons. The highest BCUT2D eigenvalue weighted by atomic mass is 35.5. The second kappa shape index (κ2) is 4.53. The predicted octanol–water partition coefficient (Wildman–Crippen LogP) is 2.69. The Bertz CT molecular complexity index is 263. The summed E-state index contributed by atoms with van der Waals surface area (Å²) in [6.45, 7) is 2.58. The van der Waals surface area contributed by atoms with Crippen LogP contribution in [0.2, 0.25) is 5.02 Å². The third-order valence-corrected chi connectivity index (χ3v) is 2.14. The Hall–Kier alpha value is -0.470. The largest absolute Gasteiger partial charge is 0.383 e. The zero-order valence-corrected chi connectivity index (χ0v) is 8.28. The maximum absolute atomic E-state index is 5.96. The van der Waals surface area contributed by atoms with Crippen molar-refractivity contribution in [1.29, 1.82) is 0 Å². The van der Waals surface area contributed by atoms with E-state index < -0.39 is 0 Å². The number of rotatable bonds is 3. The Labute approximate surface area is 81.9 Å². The van der Waals surface area contributed by atoms with Crippen molar-refractivity contribution in [2.45, 2.75) is 6.92 Å². The molecule has 1 heterocycles. The van der Waals surface area contributed by atoms with Gasteiger partial charge in [0.2, 0.25) is 0 Å². The first kappa shape index (κ1) is 9.62. The number of anilines is 1. The van der Waals surface area contributed by atoms with Crippen LogP contribution in [0.25, 0.3) is 0 Å². The number of hydrogen-bond donors (Lipinski definition) is 1. The second-order valence-corrected chi connectivity index (χ2v) is 3.13. The van der Waals surface area contributed by atoms with Gasteiger partial charge in [0, 0.05) is 18.6 Å². The van der Waals surface area contributed by atoms with Crippen molar-refractivity contribution in [3.8, 4) is 0 Å². The van der Waals surface area contributed by atoms with Gasteiger partial charge in [-0.25, -0.2) is 0 Å². The van der Waals surface area contributed by atoms with Crippen molar-refractivity contribution in [2.24, 2.45) is 0 Å². The number of nitrogens with one attached hydrogen (secondary N) is 1. The Kier molecular flexibility index (Phi) is 3.63. The Balaban J connectivity index is 2.78. The van der Waals surface area contributed by atoms with Crippen molar-refractivity contribution in [3.63, 3.8) is 0 Å². The molecule has 1 aromatic rings. The quantitative estimate of drug-likeness (QED) is 0.767. The molecule has 0 fully saturated rings. The topological polar surface area (TPSA) is 24.9 Å². The summed E-state index contributed by atoms with van der Waals surface area (Å²) in [4.78, 5) is 4.04. The molecular formula is C8H10Cl2N2. The van der Waals surface area contributed by atoms with E-state index >= 15 is 0 Å². The summed E-state index contributed by atoms with van der Waals surface area (Å²) in [5.41, 5.74) is 1.72. The van der Waals surface area contributed by atoms with Crippen LogP contribution < -0.4 is 5.32 Å². The number of pyridine rings is 1. The average Bonchev–Trinajstić information content (AvgIpc) is 2.08. The molecule has 0 unspecified atom stereocenters. The molecule has 0 spiro atoms. The van der Waals surface area contributed by atoms with Crippen LogP contribution in [-0.2, 0) is 0 Å². The standard InChI is InChI=1S/C8H10Cl2N2/c1-6-8(10)7(2-4-11-6)12-5-3-9/h2,4H,3,5H2,1H3,(H,11,12). The number of aryl methyl sites for hydroxylation is 1. The molecule has 0 radical (unpaired) electrons. The van der Waals surface area contributed by atoms with Crippen LogP contribution in [0.3, 0.4) is 0 Å². The lowest BCUT2D eigenvalue weighted by atomic mass is 10.3. The van der Waals surface area contributed by atoms with Gasteiger partial charge in [0.15, 0.2) is 0 Å². The molecule has 0 atom stereocenters. The zero-order valence-electron chi connectivity index (χ0n) is 6.77. The first-order chi connectivity index (χ1) is 5.75. The molecule has 0 saturated heterocycles. The number of halogens is 2. The van der Waals surface area contributed by atoms with Gasteiger partial charge in [0.05, 0.1) is 16.4 Å². The molecule has 0 bridgehead atoms. The van der Waals surface area contributed by atoms with E-state index in [1.807, 2.05) is 13.0 Å². The third-order valence-electron chi connectivity index (χ3n) is 1.47. The molecule has 4 heteroatoms. The normalized spacial score (nSPS) is 9.92. The Morgan fingerprint density at radius 1 is 1.58 bits per heavy atom. The van der Waals surface area contributed by atoms with Gasteiger partial charge in [-0.15, -0.1) is 11.6 Å². The van der Waals surface area contributed by atoms with E-state index in [0.717, 1.165) is 11.4 Å². The first-order valence-corrected chi connectivity index (χ1v) is 4.58. The van der Waals surface area contributed by atoms with Gasteiger partial charge in [-0.1, -0.05) is 11.6 Å². The summed E-state index contributed by atoms with van der Waals surface area (Å²) >= 11 is 11.5. The van der Waals surface area contributed by atoms with Gasteiger partial charge in [0.1, 0.15) is 0 Å². The Morgan fingerprint density at radius 3 is 3.00 bits per heavy atom.